The molecule has 0 N–H and O–H groups in total. The number of rotatable bonds is 0. The lowest BCUT2D eigenvalue weighted by Crippen LogP contribution is -2.60. The summed E-state index contributed by atoms with van der Waals surface area (Å²) in [6.07, 6.45) is 6.52. The molecule has 3 aliphatic heterocycles. The van der Waals surface area contributed by atoms with Crippen LogP contribution in [0.5, 0.6) is 0 Å². The van der Waals surface area contributed by atoms with E-state index in [2.05, 4.69) is 54.1 Å². The Kier molecular flexibility index (Phi) is 2.29. The predicted molar refractivity (Wildman–Crippen MR) is 86.8 cm³/mol. The molecule has 4 atom stereocenters. The van der Waals surface area contributed by atoms with Crippen molar-refractivity contribution >= 4 is 5.69 Å². The molecule has 0 amide bonds. The Labute approximate surface area is 127 Å². The van der Waals surface area contributed by atoms with Crippen molar-refractivity contribution in [3.63, 3.8) is 0 Å². The monoisotopic (exact) mass is 280 g/mol. The highest BCUT2D eigenvalue weighted by atomic mass is 15.3. The van der Waals surface area contributed by atoms with Gasteiger partial charge in [0.15, 0.2) is 0 Å². The zero-order valence-electron chi connectivity index (χ0n) is 13.0. The quantitative estimate of drug-likeness (QED) is 0.673. The van der Waals surface area contributed by atoms with Crippen LogP contribution >= 0.6 is 0 Å². The number of anilines is 1. The van der Waals surface area contributed by atoms with Gasteiger partial charge < -0.3 is 4.90 Å². The van der Waals surface area contributed by atoms with Crippen LogP contribution in [-0.2, 0) is 5.41 Å². The SMILES string of the molecule is CC=C1[C@@H]2CCN3CC[C@]4(c5ccccc5N(C)[C@@H]4C2)[C@@H]13. The van der Waals surface area contributed by atoms with Crippen LogP contribution in [0, 0.1) is 5.92 Å². The first-order valence-corrected chi connectivity index (χ1v) is 8.50. The van der Waals surface area contributed by atoms with Gasteiger partial charge in [0.05, 0.1) is 0 Å². The van der Waals surface area contributed by atoms with Crippen LogP contribution in [0.4, 0.5) is 5.69 Å². The lowest BCUT2D eigenvalue weighted by atomic mass is 9.58. The number of fused-ring (bicyclic) bond motifs is 2. The van der Waals surface area contributed by atoms with Gasteiger partial charge in [0, 0.05) is 30.2 Å². The van der Waals surface area contributed by atoms with E-state index in [9.17, 15) is 0 Å². The maximum absolute atomic E-state index is 2.79. The van der Waals surface area contributed by atoms with E-state index in [1.807, 2.05) is 0 Å². The van der Waals surface area contributed by atoms with Crippen LogP contribution in [0.2, 0.25) is 0 Å². The summed E-state index contributed by atoms with van der Waals surface area (Å²) in [7, 11) is 2.33. The molecule has 0 aromatic heterocycles. The Balaban J connectivity index is 1.78. The van der Waals surface area contributed by atoms with Crippen LogP contribution in [-0.4, -0.2) is 37.1 Å². The highest BCUT2D eigenvalue weighted by molar-refractivity contribution is 5.67. The van der Waals surface area contributed by atoms with Gasteiger partial charge in [-0.15, -0.1) is 0 Å². The minimum atomic E-state index is 0.365. The van der Waals surface area contributed by atoms with Gasteiger partial charge in [0.25, 0.3) is 0 Å². The number of nitrogens with zero attached hydrogens (tertiary/aromatic N) is 2. The summed E-state index contributed by atoms with van der Waals surface area (Å²) < 4.78 is 0. The van der Waals surface area contributed by atoms with E-state index in [0.29, 0.717) is 17.5 Å². The van der Waals surface area contributed by atoms with Gasteiger partial charge in [0.1, 0.15) is 0 Å². The van der Waals surface area contributed by atoms with Gasteiger partial charge in [0.2, 0.25) is 0 Å². The summed E-state index contributed by atoms with van der Waals surface area (Å²) in [5, 5.41) is 0. The summed E-state index contributed by atoms with van der Waals surface area (Å²) in [6, 6.07) is 10.6. The second-order valence-corrected chi connectivity index (χ2v) is 7.38. The van der Waals surface area contributed by atoms with E-state index in [0.717, 1.165) is 5.92 Å². The van der Waals surface area contributed by atoms with Crippen LogP contribution in [0.25, 0.3) is 0 Å². The van der Waals surface area contributed by atoms with Crippen molar-refractivity contribution < 1.29 is 0 Å². The Bertz CT molecular complexity index is 634. The van der Waals surface area contributed by atoms with E-state index < -0.39 is 0 Å². The van der Waals surface area contributed by atoms with Gasteiger partial charge in [-0.3, -0.25) is 4.90 Å². The molecule has 1 aromatic carbocycles. The van der Waals surface area contributed by atoms with Gasteiger partial charge in [-0.1, -0.05) is 29.8 Å². The number of hydrogen-bond donors (Lipinski definition) is 0. The standard InChI is InChI=1S/C19H24N2/c1-3-14-13-8-10-21-11-9-19(18(14)21)15-6-4-5-7-16(15)20(2)17(19)12-13/h3-7,13,17-18H,8-12H2,1-2H3/t13-,17-,18-,19-/m1/s1. The Morgan fingerprint density at radius 1 is 1.24 bits per heavy atom. The number of hydrogen-bond acceptors (Lipinski definition) is 2. The lowest BCUT2D eigenvalue weighted by Gasteiger charge is -2.53. The molecule has 0 radical (unpaired) electrons. The normalized spacial score (nSPS) is 42.3. The number of allylic oxidation sites excluding steroid dienone is 1. The predicted octanol–water partition coefficient (Wildman–Crippen LogP) is 3.19. The van der Waals surface area contributed by atoms with Gasteiger partial charge in [-0.25, -0.2) is 0 Å². The smallest absolute Gasteiger partial charge is 0.0428 e. The summed E-state index contributed by atoms with van der Waals surface area (Å²) in [5.74, 6) is 0.823. The molecular formula is C19H24N2. The third-order valence-electron chi connectivity index (χ3n) is 6.91. The summed E-state index contributed by atoms with van der Waals surface area (Å²) in [4.78, 5) is 5.39. The van der Waals surface area contributed by atoms with E-state index in [1.165, 1.54) is 38.0 Å². The molecule has 21 heavy (non-hydrogen) atoms. The number of piperidine rings is 1. The number of benzene rings is 1. The molecular weight excluding hydrogens is 256 g/mol. The molecule has 4 aliphatic rings. The molecule has 1 aliphatic carbocycles. The van der Waals surface area contributed by atoms with Gasteiger partial charge in [-0.2, -0.15) is 0 Å². The molecule has 1 aromatic rings. The maximum atomic E-state index is 2.79. The van der Waals surface area contributed by atoms with E-state index in [1.54, 1.807) is 11.1 Å². The highest BCUT2D eigenvalue weighted by Crippen LogP contribution is 2.61. The summed E-state index contributed by atoms with van der Waals surface area (Å²) >= 11 is 0. The first-order chi connectivity index (χ1) is 10.3. The second kappa shape index (κ2) is 3.92. The summed E-state index contributed by atoms with van der Waals surface area (Å²) in [6.45, 7) is 4.86. The largest absolute Gasteiger partial charge is 0.370 e. The molecule has 2 heteroatoms. The van der Waals surface area contributed by atoms with Crippen LogP contribution in [0.15, 0.2) is 35.9 Å². The zero-order valence-corrected chi connectivity index (χ0v) is 13.0. The Hall–Kier alpha value is -1.28. The summed E-state index contributed by atoms with van der Waals surface area (Å²) in [5.41, 5.74) is 5.24. The fourth-order valence-electron chi connectivity index (χ4n) is 6.16. The third kappa shape index (κ3) is 1.25. The average Bonchev–Trinajstić information content (AvgIpc) is 3.04. The van der Waals surface area contributed by atoms with E-state index in [-0.39, 0.29) is 0 Å². The van der Waals surface area contributed by atoms with E-state index in [4.69, 9.17) is 0 Å². The number of likely N-dealkylation sites (N-methyl/N-ethyl adjacent to an activating group) is 1. The maximum Gasteiger partial charge on any atom is 0.0428 e. The van der Waals surface area contributed by atoms with Crippen LogP contribution in [0.3, 0.4) is 0 Å². The first kappa shape index (κ1) is 12.3. The second-order valence-electron chi connectivity index (χ2n) is 7.38. The average molecular weight is 280 g/mol. The topological polar surface area (TPSA) is 6.48 Å². The molecule has 2 saturated heterocycles. The molecule has 110 valence electrons. The number of para-hydroxylation sites is 1. The Morgan fingerprint density at radius 2 is 2.10 bits per heavy atom. The lowest BCUT2D eigenvalue weighted by molar-refractivity contribution is 0.118. The van der Waals surface area contributed by atoms with Gasteiger partial charge >= 0.3 is 0 Å². The molecule has 1 saturated carbocycles. The minimum absolute atomic E-state index is 0.365. The third-order valence-corrected chi connectivity index (χ3v) is 6.91. The molecule has 5 rings (SSSR count). The molecule has 2 bridgehead atoms. The van der Waals surface area contributed by atoms with E-state index >= 15 is 0 Å². The van der Waals surface area contributed by atoms with Crippen molar-refractivity contribution in [3.05, 3.63) is 41.5 Å². The zero-order chi connectivity index (χ0) is 14.2. The molecule has 3 fully saturated rings. The van der Waals surface area contributed by atoms with Crippen molar-refractivity contribution in [1.82, 2.24) is 4.90 Å². The van der Waals surface area contributed by atoms with Crippen LogP contribution < -0.4 is 4.90 Å². The van der Waals surface area contributed by atoms with Gasteiger partial charge in [-0.05, 0) is 56.8 Å². The molecule has 0 unspecified atom stereocenters. The fraction of sp³-hybridized carbons (Fsp3) is 0.579. The Morgan fingerprint density at radius 3 is 2.95 bits per heavy atom. The van der Waals surface area contributed by atoms with Crippen molar-refractivity contribution in [2.75, 3.05) is 25.0 Å². The van der Waals surface area contributed by atoms with Crippen molar-refractivity contribution in [2.24, 2.45) is 5.92 Å². The highest BCUT2D eigenvalue weighted by Gasteiger charge is 2.64. The van der Waals surface area contributed by atoms with Crippen molar-refractivity contribution in [2.45, 2.75) is 43.7 Å². The fourth-order valence-corrected chi connectivity index (χ4v) is 6.16. The molecule has 2 nitrogen and oxygen atoms in total. The van der Waals surface area contributed by atoms with Crippen molar-refractivity contribution in [1.29, 1.82) is 0 Å². The minimum Gasteiger partial charge on any atom is -0.370 e. The molecule has 1 spiro atoms. The first-order valence-electron chi connectivity index (χ1n) is 8.50. The van der Waals surface area contributed by atoms with Crippen LogP contribution in [0.1, 0.15) is 31.7 Å². The molecule has 3 heterocycles. The van der Waals surface area contributed by atoms with Crippen molar-refractivity contribution in [3.8, 4) is 0 Å².